The highest BCUT2D eigenvalue weighted by molar-refractivity contribution is 6.33. The maximum absolute atomic E-state index is 13.2. The van der Waals surface area contributed by atoms with Gasteiger partial charge in [-0.25, -0.2) is 0 Å². The van der Waals surface area contributed by atoms with E-state index in [0.717, 1.165) is 0 Å². The molecule has 0 aliphatic rings. The van der Waals surface area contributed by atoms with E-state index in [9.17, 15) is 14.7 Å². The monoisotopic (exact) mass is 401 g/mol. The number of carbonyl (C=O) groups is 2. The molecule has 1 aromatic heterocycles. The Morgan fingerprint density at radius 1 is 1.18 bits per heavy atom. The van der Waals surface area contributed by atoms with Gasteiger partial charge < -0.3 is 14.6 Å². The molecule has 7 heteroatoms. The lowest BCUT2D eigenvalue weighted by Gasteiger charge is -2.09. The molecule has 28 heavy (non-hydrogen) atoms. The van der Waals surface area contributed by atoms with Crippen LogP contribution in [0.15, 0.2) is 36.4 Å². The zero-order valence-corrected chi connectivity index (χ0v) is 16.5. The first kappa shape index (κ1) is 19.8. The number of fused-ring (bicyclic) bond motifs is 1. The van der Waals surface area contributed by atoms with E-state index in [1.807, 2.05) is 6.92 Å². The van der Waals surface area contributed by atoms with Gasteiger partial charge in [-0.1, -0.05) is 11.6 Å². The van der Waals surface area contributed by atoms with Crippen LogP contribution < -0.4 is 9.47 Å². The average Bonchev–Trinajstić information content (AvgIpc) is 2.91. The van der Waals surface area contributed by atoms with Gasteiger partial charge in [0.25, 0.3) is 5.91 Å². The molecule has 6 nitrogen and oxygen atoms in total. The lowest BCUT2D eigenvalue weighted by Crippen LogP contribution is -2.14. The van der Waals surface area contributed by atoms with E-state index in [-0.39, 0.29) is 12.3 Å². The normalized spacial score (nSPS) is 10.9. The van der Waals surface area contributed by atoms with Gasteiger partial charge in [-0.05, 0) is 55.8 Å². The summed E-state index contributed by atoms with van der Waals surface area (Å²) in [4.78, 5) is 24.6. The molecule has 0 fully saturated rings. The van der Waals surface area contributed by atoms with Crippen LogP contribution >= 0.6 is 11.6 Å². The van der Waals surface area contributed by atoms with Crippen LogP contribution in [0.3, 0.4) is 0 Å². The molecular weight excluding hydrogens is 382 g/mol. The molecule has 0 bridgehead atoms. The third-order valence-electron chi connectivity index (χ3n) is 4.55. The minimum Gasteiger partial charge on any atom is -0.495 e. The predicted molar refractivity (Wildman–Crippen MR) is 107 cm³/mol. The van der Waals surface area contributed by atoms with Crippen molar-refractivity contribution < 1.29 is 24.2 Å². The Labute approximate surface area is 167 Å². The van der Waals surface area contributed by atoms with Gasteiger partial charge in [-0.3, -0.25) is 14.2 Å². The fourth-order valence-electron chi connectivity index (χ4n) is 3.26. The summed E-state index contributed by atoms with van der Waals surface area (Å²) in [6.07, 6.45) is -0.212. The van der Waals surface area contributed by atoms with Crippen LogP contribution in [0.1, 0.15) is 28.5 Å². The molecule has 0 amide bonds. The van der Waals surface area contributed by atoms with Crippen molar-refractivity contribution in [3.05, 3.63) is 58.2 Å². The number of aliphatic carboxylic acids is 1. The Hall–Kier alpha value is -2.99. The van der Waals surface area contributed by atoms with Crippen molar-refractivity contribution in [2.75, 3.05) is 13.7 Å². The molecule has 0 spiro atoms. The van der Waals surface area contributed by atoms with Crippen LogP contribution in [0.2, 0.25) is 5.02 Å². The van der Waals surface area contributed by atoms with E-state index in [4.69, 9.17) is 21.1 Å². The maximum atomic E-state index is 13.2. The molecule has 2 aromatic carbocycles. The molecule has 0 aliphatic carbocycles. The first-order valence-corrected chi connectivity index (χ1v) is 9.12. The summed E-state index contributed by atoms with van der Waals surface area (Å²) in [5.74, 6) is -0.160. The Balaban J connectivity index is 2.18. The zero-order valence-electron chi connectivity index (χ0n) is 15.8. The van der Waals surface area contributed by atoms with Crippen molar-refractivity contribution >= 4 is 34.4 Å². The Morgan fingerprint density at radius 3 is 2.43 bits per heavy atom. The van der Waals surface area contributed by atoms with Gasteiger partial charge in [0, 0.05) is 16.6 Å². The fourth-order valence-corrected chi connectivity index (χ4v) is 3.50. The van der Waals surface area contributed by atoms with Gasteiger partial charge in [-0.15, -0.1) is 0 Å². The van der Waals surface area contributed by atoms with Crippen molar-refractivity contribution in [2.45, 2.75) is 20.3 Å². The van der Waals surface area contributed by atoms with Gasteiger partial charge in [0.1, 0.15) is 11.5 Å². The van der Waals surface area contributed by atoms with Crippen molar-refractivity contribution in [2.24, 2.45) is 0 Å². The maximum Gasteiger partial charge on any atom is 0.307 e. The molecule has 0 saturated carbocycles. The number of rotatable bonds is 6. The number of nitrogens with zero attached hydrogens (tertiary/aromatic N) is 1. The highest BCUT2D eigenvalue weighted by atomic mass is 35.5. The van der Waals surface area contributed by atoms with Crippen LogP contribution in [0, 0.1) is 6.92 Å². The molecule has 3 aromatic rings. The molecule has 0 radical (unpaired) electrons. The van der Waals surface area contributed by atoms with E-state index < -0.39 is 5.97 Å². The number of hydrogen-bond donors (Lipinski definition) is 1. The van der Waals surface area contributed by atoms with Crippen LogP contribution in [0.5, 0.6) is 11.5 Å². The number of ether oxygens (including phenoxy) is 2. The summed E-state index contributed by atoms with van der Waals surface area (Å²) in [6, 6.07) is 10.1. The quantitative estimate of drug-likeness (QED) is 0.665. The Morgan fingerprint density at radius 2 is 1.86 bits per heavy atom. The molecule has 0 aliphatic heterocycles. The number of carboxylic acid groups (broad SMARTS) is 1. The zero-order chi connectivity index (χ0) is 20.4. The number of hydrogen-bond acceptors (Lipinski definition) is 4. The molecular formula is C21H20ClNO5. The Kier molecular flexibility index (Phi) is 5.61. The molecule has 0 unspecified atom stereocenters. The van der Waals surface area contributed by atoms with Crippen molar-refractivity contribution in [3.8, 4) is 11.5 Å². The summed E-state index contributed by atoms with van der Waals surface area (Å²) in [7, 11) is 1.48. The number of methoxy groups -OCH3 is 1. The summed E-state index contributed by atoms with van der Waals surface area (Å²) >= 11 is 6.27. The second-order valence-electron chi connectivity index (χ2n) is 6.24. The predicted octanol–water partition coefficient (Wildman–Crippen LogP) is 4.33. The number of carboxylic acids is 1. The number of benzene rings is 2. The molecule has 1 heterocycles. The molecule has 1 N–H and O–H groups in total. The van der Waals surface area contributed by atoms with Gasteiger partial charge in [0.2, 0.25) is 0 Å². The standard InChI is InChI=1S/C21H20ClNO5/c1-4-28-14-7-5-13(6-8-14)21(26)23-12(2)15(10-20(24)25)16-9-19(27-3)17(22)11-18(16)23/h5-9,11H,4,10H2,1-3H3,(H,24,25). The summed E-state index contributed by atoms with van der Waals surface area (Å²) in [5.41, 5.74) is 2.10. The summed E-state index contributed by atoms with van der Waals surface area (Å²) in [6.45, 7) is 4.15. The molecule has 146 valence electrons. The third kappa shape index (κ3) is 3.55. The minimum absolute atomic E-state index is 0.212. The number of carbonyl (C=O) groups excluding carboxylic acids is 1. The van der Waals surface area contributed by atoms with Crippen molar-refractivity contribution in [3.63, 3.8) is 0 Å². The van der Waals surface area contributed by atoms with Gasteiger partial charge >= 0.3 is 5.97 Å². The lowest BCUT2D eigenvalue weighted by molar-refractivity contribution is -0.136. The van der Waals surface area contributed by atoms with Crippen LogP contribution in [-0.2, 0) is 11.2 Å². The summed E-state index contributed by atoms with van der Waals surface area (Å²) < 4.78 is 12.2. The largest absolute Gasteiger partial charge is 0.495 e. The van der Waals surface area contributed by atoms with Crippen molar-refractivity contribution in [1.29, 1.82) is 0 Å². The van der Waals surface area contributed by atoms with Gasteiger partial charge in [0.15, 0.2) is 0 Å². The van der Waals surface area contributed by atoms with E-state index >= 15 is 0 Å². The smallest absolute Gasteiger partial charge is 0.307 e. The SMILES string of the molecule is CCOc1ccc(C(=O)n2c(C)c(CC(=O)O)c3cc(OC)c(Cl)cc32)cc1. The summed E-state index contributed by atoms with van der Waals surface area (Å²) in [5, 5.41) is 10.3. The van der Waals surface area contributed by atoms with E-state index in [1.165, 1.54) is 11.7 Å². The highest BCUT2D eigenvalue weighted by Gasteiger charge is 2.23. The van der Waals surface area contributed by atoms with E-state index in [1.54, 1.807) is 43.3 Å². The Bertz CT molecular complexity index is 1050. The first-order chi connectivity index (χ1) is 13.4. The fraction of sp³-hybridized carbons (Fsp3) is 0.238. The van der Waals surface area contributed by atoms with Gasteiger partial charge in [-0.2, -0.15) is 0 Å². The number of halogens is 1. The van der Waals surface area contributed by atoms with Crippen LogP contribution in [0.4, 0.5) is 0 Å². The first-order valence-electron chi connectivity index (χ1n) is 8.74. The minimum atomic E-state index is -0.982. The average molecular weight is 402 g/mol. The topological polar surface area (TPSA) is 77.8 Å². The van der Waals surface area contributed by atoms with Crippen LogP contribution in [0.25, 0.3) is 10.9 Å². The van der Waals surface area contributed by atoms with Crippen molar-refractivity contribution in [1.82, 2.24) is 4.57 Å². The van der Waals surface area contributed by atoms with Crippen LogP contribution in [-0.4, -0.2) is 35.3 Å². The van der Waals surface area contributed by atoms with E-state index in [0.29, 0.717) is 50.9 Å². The number of aromatic nitrogens is 1. The second kappa shape index (κ2) is 7.94. The van der Waals surface area contributed by atoms with E-state index in [2.05, 4.69) is 0 Å². The van der Waals surface area contributed by atoms with Gasteiger partial charge in [0.05, 0.1) is 30.7 Å². The second-order valence-corrected chi connectivity index (χ2v) is 6.64. The lowest BCUT2D eigenvalue weighted by atomic mass is 10.1. The molecule has 3 rings (SSSR count). The third-order valence-corrected chi connectivity index (χ3v) is 4.85. The highest BCUT2D eigenvalue weighted by Crippen LogP contribution is 2.35. The molecule has 0 atom stereocenters. The molecule has 0 saturated heterocycles.